The lowest BCUT2D eigenvalue weighted by Gasteiger charge is -2.12. The minimum Gasteiger partial charge on any atom is -0.497 e. The summed E-state index contributed by atoms with van der Waals surface area (Å²) >= 11 is 6.22. The van der Waals surface area contributed by atoms with E-state index >= 15 is 0 Å². The monoisotopic (exact) mass is 429 g/mol. The zero-order valence-electron chi connectivity index (χ0n) is 16.7. The molecule has 0 saturated carbocycles. The lowest BCUT2D eigenvalue weighted by Crippen LogP contribution is -2.15. The summed E-state index contributed by atoms with van der Waals surface area (Å²) in [4.78, 5) is 27.9. The molecule has 0 aliphatic heterocycles. The molecule has 0 spiro atoms. The fourth-order valence-corrected chi connectivity index (χ4v) is 2.94. The number of pyridine rings is 1. The van der Waals surface area contributed by atoms with Gasteiger partial charge in [0, 0.05) is 22.6 Å². The Morgan fingerprint density at radius 2 is 1.80 bits per heavy atom. The number of Topliss-reactive ketones (excluding diaryl/α,β-unsaturated/α-hetero) is 1. The van der Waals surface area contributed by atoms with Gasteiger partial charge in [-0.05, 0) is 43.3 Å². The lowest BCUT2D eigenvalue weighted by molar-refractivity contribution is -0.147. The second-order valence-electron chi connectivity index (χ2n) is 6.37. The van der Waals surface area contributed by atoms with Crippen LogP contribution in [0.25, 0.3) is 10.9 Å². The highest BCUT2D eigenvalue weighted by atomic mass is 35.5. The first-order valence-electron chi connectivity index (χ1n) is 9.02. The maximum absolute atomic E-state index is 12.1. The Kier molecular flexibility index (Phi) is 6.74. The standard InChI is InChI=1S/C22H20ClNO6/c1-13(25)14-5-7-19(20(9-14)28-3)29-12-21(26)30-11-16-8-15-4-6-17(27-2)10-18(15)24-22(16)23/h4-10H,11-12H2,1-3H3. The molecule has 0 aliphatic carbocycles. The first-order chi connectivity index (χ1) is 14.4. The van der Waals surface area contributed by atoms with Crippen LogP contribution in [0.3, 0.4) is 0 Å². The fourth-order valence-electron chi connectivity index (χ4n) is 2.74. The number of hydrogen-bond donors (Lipinski definition) is 0. The number of fused-ring (bicyclic) bond motifs is 1. The van der Waals surface area contributed by atoms with Crippen molar-refractivity contribution in [3.8, 4) is 17.2 Å². The number of methoxy groups -OCH3 is 2. The van der Waals surface area contributed by atoms with E-state index < -0.39 is 5.97 Å². The van der Waals surface area contributed by atoms with E-state index in [9.17, 15) is 9.59 Å². The molecule has 0 atom stereocenters. The number of ketones is 1. The molecule has 2 aromatic carbocycles. The summed E-state index contributed by atoms with van der Waals surface area (Å²) in [5.41, 5.74) is 1.74. The molecule has 156 valence electrons. The van der Waals surface area contributed by atoms with E-state index in [1.807, 2.05) is 18.2 Å². The first-order valence-corrected chi connectivity index (χ1v) is 9.39. The summed E-state index contributed by atoms with van der Waals surface area (Å²) in [5, 5.41) is 1.09. The zero-order chi connectivity index (χ0) is 21.7. The third-order valence-electron chi connectivity index (χ3n) is 4.36. The first kappa shape index (κ1) is 21.4. The van der Waals surface area contributed by atoms with Crippen molar-refractivity contribution in [3.05, 3.63) is 58.7 Å². The van der Waals surface area contributed by atoms with Gasteiger partial charge < -0.3 is 18.9 Å². The van der Waals surface area contributed by atoms with E-state index in [0.717, 1.165) is 5.39 Å². The number of nitrogens with zero attached hydrogens (tertiary/aromatic N) is 1. The van der Waals surface area contributed by atoms with Crippen LogP contribution in [0.4, 0.5) is 0 Å². The molecule has 0 aliphatic rings. The predicted molar refractivity (Wildman–Crippen MR) is 112 cm³/mol. The maximum Gasteiger partial charge on any atom is 0.344 e. The van der Waals surface area contributed by atoms with Gasteiger partial charge in [0.15, 0.2) is 23.9 Å². The lowest BCUT2D eigenvalue weighted by atomic mass is 10.1. The Labute approximate surface area is 178 Å². The molecule has 0 amide bonds. The molecule has 8 heteroatoms. The van der Waals surface area contributed by atoms with Gasteiger partial charge in [0.05, 0.1) is 19.7 Å². The molecule has 0 saturated heterocycles. The van der Waals surface area contributed by atoms with E-state index in [2.05, 4.69) is 4.98 Å². The predicted octanol–water partition coefficient (Wildman–Crippen LogP) is 4.23. The number of esters is 1. The van der Waals surface area contributed by atoms with Crippen LogP contribution in [0.5, 0.6) is 17.2 Å². The van der Waals surface area contributed by atoms with Crippen LogP contribution in [0.15, 0.2) is 42.5 Å². The average molecular weight is 430 g/mol. The molecule has 1 heterocycles. The molecule has 3 aromatic rings. The molecule has 3 rings (SSSR count). The molecule has 0 unspecified atom stereocenters. The number of carbonyl (C=O) groups is 2. The van der Waals surface area contributed by atoms with E-state index in [0.29, 0.717) is 33.9 Å². The summed E-state index contributed by atoms with van der Waals surface area (Å²) in [7, 11) is 3.03. The molecule has 0 fully saturated rings. The van der Waals surface area contributed by atoms with Crippen molar-refractivity contribution in [2.45, 2.75) is 13.5 Å². The van der Waals surface area contributed by atoms with Crippen LogP contribution in [0.1, 0.15) is 22.8 Å². The Morgan fingerprint density at radius 3 is 2.50 bits per heavy atom. The van der Waals surface area contributed by atoms with Crippen LogP contribution in [0.2, 0.25) is 5.15 Å². The third kappa shape index (κ3) is 4.99. The highest BCUT2D eigenvalue weighted by molar-refractivity contribution is 6.30. The number of hydrogen-bond acceptors (Lipinski definition) is 7. The summed E-state index contributed by atoms with van der Waals surface area (Å²) in [6.45, 7) is 1.08. The van der Waals surface area contributed by atoms with Crippen molar-refractivity contribution in [2.75, 3.05) is 20.8 Å². The van der Waals surface area contributed by atoms with Crippen molar-refractivity contribution in [1.29, 1.82) is 0 Å². The number of carbonyl (C=O) groups excluding carboxylic acids is 2. The number of halogens is 1. The second-order valence-corrected chi connectivity index (χ2v) is 6.73. The molecule has 0 bridgehead atoms. The van der Waals surface area contributed by atoms with E-state index in [1.54, 1.807) is 31.4 Å². The Morgan fingerprint density at radius 1 is 1.00 bits per heavy atom. The normalized spacial score (nSPS) is 10.5. The molecule has 7 nitrogen and oxygen atoms in total. The van der Waals surface area contributed by atoms with Crippen LogP contribution in [-0.4, -0.2) is 37.6 Å². The van der Waals surface area contributed by atoms with E-state index in [4.69, 9.17) is 30.5 Å². The van der Waals surface area contributed by atoms with Gasteiger partial charge in [-0.15, -0.1) is 0 Å². The molecule has 0 radical (unpaired) electrons. The van der Waals surface area contributed by atoms with Gasteiger partial charge in [0.25, 0.3) is 0 Å². The average Bonchev–Trinajstić information content (AvgIpc) is 2.75. The Hall–Kier alpha value is -3.32. The van der Waals surface area contributed by atoms with Gasteiger partial charge in [-0.1, -0.05) is 11.6 Å². The fraction of sp³-hybridized carbons (Fsp3) is 0.227. The van der Waals surface area contributed by atoms with Crippen molar-refractivity contribution < 1.29 is 28.5 Å². The summed E-state index contributed by atoms with van der Waals surface area (Å²) in [6, 6.07) is 12.0. The Balaban J connectivity index is 1.62. The SMILES string of the molecule is COc1ccc2cc(COC(=O)COc3ccc(C(C)=O)cc3OC)c(Cl)nc2c1. The highest BCUT2D eigenvalue weighted by Crippen LogP contribution is 2.28. The molecular weight excluding hydrogens is 410 g/mol. The minimum atomic E-state index is -0.585. The Bertz CT molecular complexity index is 1100. The van der Waals surface area contributed by atoms with Crippen molar-refractivity contribution in [1.82, 2.24) is 4.98 Å². The van der Waals surface area contributed by atoms with E-state index in [-0.39, 0.29) is 24.2 Å². The summed E-state index contributed by atoms with van der Waals surface area (Å²) in [5.74, 6) is 0.679. The quantitative estimate of drug-likeness (QED) is 0.301. The molecule has 30 heavy (non-hydrogen) atoms. The maximum atomic E-state index is 12.1. The number of ether oxygens (including phenoxy) is 4. The molecule has 1 aromatic heterocycles. The summed E-state index contributed by atoms with van der Waals surface area (Å²) in [6.07, 6.45) is 0. The van der Waals surface area contributed by atoms with Crippen LogP contribution >= 0.6 is 11.6 Å². The number of benzene rings is 2. The number of rotatable bonds is 8. The van der Waals surface area contributed by atoms with Gasteiger partial charge in [0.2, 0.25) is 0 Å². The van der Waals surface area contributed by atoms with Crippen molar-refractivity contribution >= 4 is 34.3 Å². The van der Waals surface area contributed by atoms with Gasteiger partial charge in [-0.3, -0.25) is 4.79 Å². The van der Waals surface area contributed by atoms with Gasteiger partial charge in [0.1, 0.15) is 17.5 Å². The molecular formula is C22H20ClNO6. The van der Waals surface area contributed by atoms with Crippen LogP contribution < -0.4 is 14.2 Å². The topological polar surface area (TPSA) is 84.0 Å². The van der Waals surface area contributed by atoms with Crippen molar-refractivity contribution in [3.63, 3.8) is 0 Å². The third-order valence-corrected chi connectivity index (χ3v) is 4.68. The van der Waals surface area contributed by atoms with Crippen molar-refractivity contribution in [2.24, 2.45) is 0 Å². The molecule has 0 N–H and O–H groups in total. The second kappa shape index (κ2) is 9.45. The smallest absolute Gasteiger partial charge is 0.344 e. The minimum absolute atomic E-state index is 0.0452. The van der Waals surface area contributed by atoms with Crippen LogP contribution in [-0.2, 0) is 16.1 Å². The van der Waals surface area contributed by atoms with Gasteiger partial charge >= 0.3 is 5.97 Å². The van der Waals surface area contributed by atoms with Crippen LogP contribution in [0, 0.1) is 0 Å². The zero-order valence-corrected chi connectivity index (χ0v) is 17.5. The highest BCUT2D eigenvalue weighted by Gasteiger charge is 2.13. The van der Waals surface area contributed by atoms with Gasteiger partial charge in [-0.25, -0.2) is 9.78 Å². The number of aromatic nitrogens is 1. The summed E-state index contributed by atoms with van der Waals surface area (Å²) < 4.78 is 21.1. The van der Waals surface area contributed by atoms with Gasteiger partial charge in [-0.2, -0.15) is 0 Å². The largest absolute Gasteiger partial charge is 0.497 e. The van der Waals surface area contributed by atoms with E-state index in [1.165, 1.54) is 14.0 Å².